The number of benzene rings is 3. The number of fused-ring (bicyclic) bond motifs is 1. The fourth-order valence-electron chi connectivity index (χ4n) is 6.79. The highest BCUT2D eigenvalue weighted by atomic mass is 16.3. The second-order valence-corrected chi connectivity index (χ2v) is 11.1. The number of likely N-dealkylation sites (tertiary alicyclic amines) is 1. The number of anilines is 1. The molecule has 1 aliphatic carbocycles. The third-order valence-electron chi connectivity index (χ3n) is 8.63. The Morgan fingerprint density at radius 3 is 2.32 bits per heavy atom. The molecule has 2 N–H and O–H groups in total. The van der Waals surface area contributed by atoms with E-state index < -0.39 is 17.1 Å². The van der Waals surface area contributed by atoms with E-state index >= 15 is 0 Å². The van der Waals surface area contributed by atoms with Crippen molar-refractivity contribution in [3.05, 3.63) is 77.4 Å². The topological polar surface area (TPSA) is 84.3 Å². The Kier molecular flexibility index (Phi) is 5.46. The number of hydrogen-bond acceptors (Lipinski definition) is 5. The number of aliphatic hydroxyl groups is 2. The Hall–Kier alpha value is -3.26. The van der Waals surface area contributed by atoms with Gasteiger partial charge in [-0.15, -0.1) is 0 Å². The molecule has 7 heteroatoms. The lowest BCUT2D eigenvalue weighted by Crippen LogP contribution is -2.52. The number of para-hydroxylation sites is 1. The summed E-state index contributed by atoms with van der Waals surface area (Å²) < 4.78 is 0. The van der Waals surface area contributed by atoms with Crippen LogP contribution in [0.3, 0.4) is 0 Å². The Labute approximate surface area is 216 Å². The lowest BCUT2D eigenvalue weighted by Gasteiger charge is -2.43. The smallest absolute Gasteiger partial charge is 0.264 e. The summed E-state index contributed by atoms with van der Waals surface area (Å²) in [6.45, 7) is 3.31. The van der Waals surface area contributed by atoms with Gasteiger partial charge in [-0.3, -0.25) is 14.5 Å². The second-order valence-electron chi connectivity index (χ2n) is 11.1. The summed E-state index contributed by atoms with van der Waals surface area (Å²) in [5, 5.41) is 25.5. The number of rotatable bonds is 4. The van der Waals surface area contributed by atoms with Gasteiger partial charge in [0.05, 0.1) is 18.2 Å². The van der Waals surface area contributed by atoms with Gasteiger partial charge in [-0.2, -0.15) is 0 Å². The van der Waals surface area contributed by atoms with Crippen molar-refractivity contribution < 1.29 is 19.8 Å². The van der Waals surface area contributed by atoms with Gasteiger partial charge in [0.1, 0.15) is 5.60 Å². The zero-order chi connectivity index (χ0) is 26.1. The summed E-state index contributed by atoms with van der Waals surface area (Å²) in [7, 11) is 3.25. The van der Waals surface area contributed by atoms with Crippen LogP contribution in [0, 0.1) is 0 Å². The van der Waals surface area contributed by atoms with Crippen molar-refractivity contribution in [2.45, 2.75) is 49.5 Å². The van der Waals surface area contributed by atoms with Gasteiger partial charge in [0.25, 0.3) is 5.91 Å². The molecule has 37 heavy (non-hydrogen) atoms. The molecule has 0 aromatic heterocycles. The molecule has 6 rings (SSSR count). The summed E-state index contributed by atoms with van der Waals surface area (Å²) in [4.78, 5) is 31.7. The van der Waals surface area contributed by atoms with Crippen LogP contribution < -0.4 is 4.90 Å². The molecule has 2 heterocycles. The third kappa shape index (κ3) is 3.45. The van der Waals surface area contributed by atoms with Crippen molar-refractivity contribution in [3.8, 4) is 0 Å². The summed E-state index contributed by atoms with van der Waals surface area (Å²) >= 11 is 0. The van der Waals surface area contributed by atoms with E-state index in [0.717, 1.165) is 21.9 Å². The minimum absolute atomic E-state index is 0.0992. The van der Waals surface area contributed by atoms with E-state index in [2.05, 4.69) is 29.2 Å². The molecular formula is C30H33N3O4. The molecule has 3 aromatic carbocycles. The lowest BCUT2D eigenvalue weighted by molar-refractivity contribution is -0.146. The van der Waals surface area contributed by atoms with E-state index in [1.54, 1.807) is 31.1 Å². The largest absolute Gasteiger partial charge is 0.383 e. The molecule has 1 unspecified atom stereocenters. The summed E-state index contributed by atoms with van der Waals surface area (Å²) in [5.41, 5.74) is 0.423. The van der Waals surface area contributed by atoms with Crippen LogP contribution >= 0.6 is 0 Å². The van der Waals surface area contributed by atoms with Crippen molar-refractivity contribution in [1.29, 1.82) is 0 Å². The van der Waals surface area contributed by atoms with Gasteiger partial charge in [0, 0.05) is 38.8 Å². The first-order valence-corrected chi connectivity index (χ1v) is 13.0. The first-order valence-electron chi connectivity index (χ1n) is 13.0. The first-order chi connectivity index (χ1) is 17.6. The molecule has 192 valence electrons. The number of carbonyl (C=O) groups is 2. The Bertz CT molecular complexity index is 1400. The molecule has 3 aliphatic rings. The molecule has 3 aromatic rings. The predicted octanol–water partition coefficient (Wildman–Crippen LogP) is 3.28. The zero-order valence-corrected chi connectivity index (χ0v) is 21.5. The number of piperidine rings is 1. The van der Waals surface area contributed by atoms with Crippen molar-refractivity contribution in [2.75, 3.05) is 32.1 Å². The fraction of sp³-hybridized carbons (Fsp3) is 0.400. The average molecular weight is 500 g/mol. The summed E-state index contributed by atoms with van der Waals surface area (Å²) in [5.74, 6) is -0.716. The van der Waals surface area contributed by atoms with E-state index in [1.165, 1.54) is 4.90 Å². The molecule has 2 aliphatic heterocycles. The highest BCUT2D eigenvalue weighted by Crippen LogP contribution is 2.52. The molecule has 1 fully saturated rings. The molecule has 7 nitrogen and oxygen atoms in total. The maximum absolute atomic E-state index is 13.7. The predicted molar refractivity (Wildman–Crippen MR) is 142 cm³/mol. The van der Waals surface area contributed by atoms with Gasteiger partial charge in [0.2, 0.25) is 5.91 Å². The van der Waals surface area contributed by atoms with Crippen LogP contribution in [0.2, 0.25) is 0 Å². The van der Waals surface area contributed by atoms with Gasteiger partial charge in [-0.25, -0.2) is 0 Å². The van der Waals surface area contributed by atoms with E-state index in [4.69, 9.17) is 0 Å². The number of nitrogens with zero attached hydrogens (tertiary/aromatic N) is 3. The first kappa shape index (κ1) is 24.1. The molecule has 0 spiro atoms. The van der Waals surface area contributed by atoms with Crippen molar-refractivity contribution in [3.63, 3.8) is 0 Å². The Morgan fingerprint density at radius 2 is 1.62 bits per heavy atom. The lowest BCUT2D eigenvalue weighted by atomic mass is 9.89. The van der Waals surface area contributed by atoms with E-state index in [0.29, 0.717) is 37.2 Å². The van der Waals surface area contributed by atoms with Crippen LogP contribution in [-0.4, -0.2) is 65.1 Å². The normalized spacial score (nSPS) is 27.6. The monoisotopic (exact) mass is 499 g/mol. The van der Waals surface area contributed by atoms with Crippen molar-refractivity contribution in [1.82, 2.24) is 9.80 Å². The third-order valence-corrected chi connectivity index (χ3v) is 8.63. The average Bonchev–Trinajstić information content (AvgIpc) is 3.25. The highest BCUT2D eigenvalue weighted by Gasteiger charge is 2.54. The minimum atomic E-state index is -1.86. The van der Waals surface area contributed by atoms with Crippen LogP contribution in [0.5, 0.6) is 0 Å². The standard InChI is InChI=1S/C30H33N3O4/c1-29(36)23-12-7-9-19-8-6-10-21(26(19)23)27(29)32-16-14-20(15-17-32)33-24-13-5-4-11-22(24)30(37,28(33)35)18-25(34)31(2)3/h4-13,20,27,36-37H,14-18H2,1-3H3/t27-,29-,30?/m0/s1. The second kappa shape index (κ2) is 8.38. The molecule has 2 amide bonds. The van der Waals surface area contributed by atoms with Gasteiger partial charge < -0.3 is 20.0 Å². The molecular weight excluding hydrogens is 466 g/mol. The maximum Gasteiger partial charge on any atom is 0.264 e. The molecule has 1 saturated heterocycles. The van der Waals surface area contributed by atoms with Gasteiger partial charge >= 0.3 is 0 Å². The molecule has 0 bridgehead atoms. The van der Waals surface area contributed by atoms with Crippen molar-refractivity contribution >= 4 is 28.3 Å². The van der Waals surface area contributed by atoms with Crippen molar-refractivity contribution in [2.24, 2.45) is 0 Å². The van der Waals surface area contributed by atoms with E-state index in [1.807, 2.05) is 31.2 Å². The Morgan fingerprint density at radius 1 is 0.973 bits per heavy atom. The molecule has 0 radical (unpaired) electrons. The number of carbonyl (C=O) groups excluding carboxylic acids is 2. The summed E-state index contributed by atoms with van der Waals surface area (Å²) in [6.07, 6.45) is 1.13. The van der Waals surface area contributed by atoms with E-state index in [9.17, 15) is 19.8 Å². The maximum atomic E-state index is 13.7. The van der Waals surface area contributed by atoms with Crippen LogP contribution in [0.15, 0.2) is 60.7 Å². The SMILES string of the molecule is CN(C)C(=O)CC1(O)C(=O)N(C2CCN([C@H]3c4cccc5cccc(c45)[C@]3(C)O)CC2)c2ccccc21. The fourth-order valence-corrected chi connectivity index (χ4v) is 6.79. The Balaban J connectivity index is 1.26. The quantitative estimate of drug-likeness (QED) is 0.576. The number of hydrogen-bond donors (Lipinski definition) is 2. The zero-order valence-electron chi connectivity index (χ0n) is 21.5. The summed E-state index contributed by atoms with van der Waals surface area (Å²) in [6, 6.07) is 19.4. The highest BCUT2D eigenvalue weighted by molar-refractivity contribution is 6.09. The van der Waals surface area contributed by atoms with Crippen LogP contribution in [0.4, 0.5) is 5.69 Å². The van der Waals surface area contributed by atoms with Crippen LogP contribution in [-0.2, 0) is 20.8 Å². The van der Waals surface area contributed by atoms with Gasteiger partial charge in [0.15, 0.2) is 5.60 Å². The van der Waals surface area contributed by atoms with Gasteiger partial charge in [-0.1, -0.05) is 54.6 Å². The molecule has 3 atom stereocenters. The minimum Gasteiger partial charge on any atom is -0.383 e. The van der Waals surface area contributed by atoms with Crippen LogP contribution in [0.25, 0.3) is 10.8 Å². The van der Waals surface area contributed by atoms with E-state index in [-0.39, 0.29) is 24.4 Å². The number of amides is 2. The molecule has 0 saturated carbocycles. The van der Waals surface area contributed by atoms with Crippen LogP contribution in [0.1, 0.15) is 48.9 Å². The van der Waals surface area contributed by atoms with Gasteiger partial charge in [-0.05, 0) is 47.7 Å².